The number of aromatic nitrogens is 3. The van der Waals surface area contributed by atoms with E-state index in [1.807, 2.05) is 32.9 Å². The number of pyridine rings is 1. The average Bonchev–Trinajstić information content (AvgIpc) is 3.04. The molecule has 0 fully saturated rings. The van der Waals surface area contributed by atoms with E-state index in [0.29, 0.717) is 10.7 Å². The van der Waals surface area contributed by atoms with Crippen LogP contribution in [0.3, 0.4) is 0 Å². The highest BCUT2D eigenvalue weighted by atomic mass is 35.5. The van der Waals surface area contributed by atoms with Crippen LogP contribution in [0.25, 0.3) is 22.3 Å². The zero-order valence-electron chi connectivity index (χ0n) is 12.6. The first kappa shape index (κ1) is 14.7. The Morgan fingerprint density at radius 2 is 2.14 bits per heavy atom. The summed E-state index contributed by atoms with van der Waals surface area (Å²) in [6.45, 7) is 5.49. The van der Waals surface area contributed by atoms with Gasteiger partial charge in [0.2, 0.25) is 0 Å². The van der Waals surface area contributed by atoms with E-state index in [-0.39, 0.29) is 0 Å². The van der Waals surface area contributed by atoms with Gasteiger partial charge in [-0.05, 0) is 39.0 Å². The highest BCUT2D eigenvalue weighted by molar-refractivity contribution is 6.34. The van der Waals surface area contributed by atoms with E-state index in [2.05, 4.69) is 9.97 Å². The molecule has 0 atom stereocenters. The minimum absolute atomic E-state index is 0.441. The molecule has 1 N–H and O–H groups in total. The molecule has 0 aliphatic heterocycles. The molecule has 5 nitrogen and oxygen atoms in total. The molecule has 3 aromatic heterocycles. The number of nitrogens with zero attached hydrogens (tertiary/aromatic N) is 2. The number of ether oxygens (including phenoxy) is 1. The summed E-state index contributed by atoms with van der Waals surface area (Å²) in [6, 6.07) is 5.50. The van der Waals surface area contributed by atoms with Gasteiger partial charge >= 0.3 is 6.09 Å². The van der Waals surface area contributed by atoms with Crippen LogP contribution in [0.1, 0.15) is 20.8 Å². The largest absolute Gasteiger partial charge is 0.443 e. The maximum atomic E-state index is 12.4. The molecule has 0 aliphatic carbocycles. The van der Waals surface area contributed by atoms with Crippen molar-refractivity contribution in [2.24, 2.45) is 0 Å². The molecule has 3 heterocycles. The fourth-order valence-corrected chi connectivity index (χ4v) is 2.55. The molecule has 3 rings (SSSR count). The summed E-state index contributed by atoms with van der Waals surface area (Å²) in [6.07, 6.45) is 4.59. The zero-order valence-corrected chi connectivity index (χ0v) is 13.3. The van der Waals surface area contributed by atoms with Gasteiger partial charge in [0.25, 0.3) is 0 Å². The Morgan fingerprint density at radius 3 is 2.86 bits per heavy atom. The number of carbonyl (C=O) groups is 1. The number of aromatic amines is 1. The summed E-state index contributed by atoms with van der Waals surface area (Å²) in [7, 11) is 0. The van der Waals surface area contributed by atoms with Gasteiger partial charge in [-0.15, -0.1) is 0 Å². The van der Waals surface area contributed by atoms with Crippen molar-refractivity contribution in [2.45, 2.75) is 26.4 Å². The Balaban J connectivity index is 2.13. The Kier molecular flexibility index (Phi) is 3.45. The van der Waals surface area contributed by atoms with Crippen LogP contribution in [0.4, 0.5) is 4.79 Å². The Morgan fingerprint density at radius 1 is 1.36 bits per heavy atom. The molecule has 0 saturated heterocycles. The molecular formula is C16H16ClN3O2. The van der Waals surface area contributed by atoms with Crippen molar-refractivity contribution < 1.29 is 9.53 Å². The van der Waals surface area contributed by atoms with Crippen molar-refractivity contribution in [1.82, 2.24) is 14.5 Å². The molecule has 0 spiro atoms. The van der Waals surface area contributed by atoms with Crippen LogP contribution in [0.15, 0.2) is 36.8 Å². The third-order valence-corrected chi connectivity index (χ3v) is 3.42. The number of hydrogen-bond donors (Lipinski definition) is 1. The quantitative estimate of drug-likeness (QED) is 0.720. The summed E-state index contributed by atoms with van der Waals surface area (Å²) in [5.74, 6) is 0. The van der Waals surface area contributed by atoms with E-state index in [1.165, 1.54) is 4.57 Å². The lowest BCUT2D eigenvalue weighted by atomic mass is 10.1. The van der Waals surface area contributed by atoms with E-state index in [9.17, 15) is 4.79 Å². The normalized spacial score (nSPS) is 11.8. The first-order valence-electron chi connectivity index (χ1n) is 6.89. The van der Waals surface area contributed by atoms with Crippen molar-refractivity contribution in [3.8, 4) is 11.3 Å². The van der Waals surface area contributed by atoms with E-state index in [1.54, 1.807) is 24.7 Å². The van der Waals surface area contributed by atoms with Gasteiger partial charge in [0, 0.05) is 29.5 Å². The van der Waals surface area contributed by atoms with Gasteiger partial charge in [-0.25, -0.2) is 9.78 Å². The summed E-state index contributed by atoms with van der Waals surface area (Å²) < 4.78 is 6.89. The lowest BCUT2D eigenvalue weighted by Crippen LogP contribution is -2.27. The fraction of sp³-hybridized carbons (Fsp3) is 0.250. The van der Waals surface area contributed by atoms with Crippen LogP contribution in [0.2, 0.25) is 5.02 Å². The second-order valence-electron chi connectivity index (χ2n) is 5.96. The van der Waals surface area contributed by atoms with Crippen LogP contribution < -0.4 is 0 Å². The second-order valence-corrected chi connectivity index (χ2v) is 6.37. The molecule has 0 amide bonds. The highest BCUT2D eigenvalue weighted by Crippen LogP contribution is 2.34. The standard InChI is InChI=1S/C16H16ClN3O2/c1-16(2,3)22-15(21)20-8-4-5-12(20)13-10-6-7-18-14(10)19-9-11(13)17/h4-9H,1-3H3,(H,18,19). The zero-order chi connectivity index (χ0) is 15.9. The van der Waals surface area contributed by atoms with Crippen molar-refractivity contribution in [3.63, 3.8) is 0 Å². The number of nitrogens with one attached hydrogen (secondary N) is 1. The topological polar surface area (TPSA) is 59.9 Å². The van der Waals surface area contributed by atoms with Crippen LogP contribution in [-0.2, 0) is 4.74 Å². The molecule has 22 heavy (non-hydrogen) atoms. The number of halogens is 1. The van der Waals surface area contributed by atoms with Crippen molar-refractivity contribution in [3.05, 3.63) is 41.8 Å². The third kappa shape index (κ3) is 2.60. The smallest absolute Gasteiger partial charge is 0.418 e. The van der Waals surface area contributed by atoms with E-state index < -0.39 is 11.7 Å². The van der Waals surface area contributed by atoms with E-state index in [0.717, 1.165) is 16.6 Å². The van der Waals surface area contributed by atoms with Crippen LogP contribution >= 0.6 is 11.6 Å². The number of rotatable bonds is 1. The molecule has 0 aliphatic rings. The van der Waals surface area contributed by atoms with Crippen molar-refractivity contribution in [1.29, 1.82) is 0 Å². The van der Waals surface area contributed by atoms with E-state index in [4.69, 9.17) is 16.3 Å². The fourth-order valence-electron chi connectivity index (χ4n) is 2.30. The minimum atomic E-state index is -0.565. The van der Waals surface area contributed by atoms with Gasteiger partial charge in [0.15, 0.2) is 0 Å². The Hall–Kier alpha value is -2.27. The number of fused-ring (bicyclic) bond motifs is 1. The van der Waals surface area contributed by atoms with Gasteiger partial charge < -0.3 is 9.72 Å². The summed E-state index contributed by atoms with van der Waals surface area (Å²) >= 11 is 6.32. The SMILES string of the molecule is CC(C)(C)OC(=O)n1cccc1-c1c(Cl)cnc2[nH]ccc12. The number of carbonyl (C=O) groups excluding carboxylic acids is 1. The lowest BCUT2D eigenvalue weighted by molar-refractivity contribution is 0.0540. The molecule has 0 radical (unpaired) electrons. The molecule has 0 bridgehead atoms. The van der Waals surface area contributed by atoms with Crippen LogP contribution in [-0.4, -0.2) is 26.2 Å². The van der Waals surface area contributed by atoms with Crippen LogP contribution in [0.5, 0.6) is 0 Å². The molecule has 0 aromatic carbocycles. The molecule has 3 aromatic rings. The Bertz CT molecular complexity index is 843. The maximum absolute atomic E-state index is 12.4. The second kappa shape index (κ2) is 5.18. The molecular weight excluding hydrogens is 302 g/mol. The monoisotopic (exact) mass is 317 g/mol. The lowest BCUT2D eigenvalue weighted by Gasteiger charge is -2.20. The molecule has 0 saturated carbocycles. The predicted octanol–water partition coefficient (Wildman–Crippen LogP) is 4.47. The summed E-state index contributed by atoms with van der Waals surface area (Å²) in [5, 5.41) is 1.34. The Labute approximate surface area is 132 Å². The first-order chi connectivity index (χ1) is 10.4. The number of hydrogen-bond acceptors (Lipinski definition) is 3. The number of H-pyrrole nitrogens is 1. The van der Waals surface area contributed by atoms with Crippen LogP contribution in [0, 0.1) is 0 Å². The average molecular weight is 318 g/mol. The van der Waals surface area contributed by atoms with Gasteiger partial charge in [0.1, 0.15) is 11.2 Å². The summed E-state index contributed by atoms with van der Waals surface area (Å²) in [4.78, 5) is 19.6. The van der Waals surface area contributed by atoms with E-state index >= 15 is 0 Å². The van der Waals surface area contributed by atoms with Gasteiger partial charge in [0.05, 0.1) is 10.7 Å². The van der Waals surface area contributed by atoms with Gasteiger partial charge in [-0.1, -0.05) is 11.6 Å². The minimum Gasteiger partial charge on any atom is -0.443 e. The molecule has 0 unspecified atom stereocenters. The molecule has 114 valence electrons. The molecule has 6 heteroatoms. The van der Waals surface area contributed by atoms with Crippen molar-refractivity contribution in [2.75, 3.05) is 0 Å². The maximum Gasteiger partial charge on any atom is 0.418 e. The van der Waals surface area contributed by atoms with Gasteiger partial charge in [-0.2, -0.15) is 0 Å². The first-order valence-corrected chi connectivity index (χ1v) is 7.27. The highest BCUT2D eigenvalue weighted by Gasteiger charge is 2.22. The van der Waals surface area contributed by atoms with Crippen molar-refractivity contribution >= 4 is 28.7 Å². The van der Waals surface area contributed by atoms with Gasteiger partial charge in [-0.3, -0.25) is 4.57 Å². The third-order valence-electron chi connectivity index (χ3n) is 3.14. The summed E-state index contributed by atoms with van der Waals surface area (Å²) in [5.41, 5.74) is 1.58. The predicted molar refractivity (Wildman–Crippen MR) is 86.2 cm³/mol.